The Hall–Kier alpha value is -0.930. The normalized spacial score (nSPS) is 16.6. The van der Waals surface area contributed by atoms with Crippen molar-refractivity contribution < 1.29 is 4.39 Å². The second kappa shape index (κ2) is 6.30. The molecule has 0 fully saturated rings. The van der Waals surface area contributed by atoms with Crippen molar-refractivity contribution in [3.8, 4) is 0 Å². The van der Waals surface area contributed by atoms with Crippen LogP contribution in [0.25, 0.3) is 0 Å². The largest absolute Gasteiger partial charge is 0.322 e. The zero-order valence-corrected chi connectivity index (χ0v) is 11.9. The molecular weight excluding hydrogens is 227 g/mol. The first-order valence-corrected chi connectivity index (χ1v) is 6.75. The molecule has 0 amide bonds. The van der Waals surface area contributed by atoms with Gasteiger partial charge in [0.1, 0.15) is 5.82 Å². The number of hydrogen-bond donors (Lipinski definition) is 1. The molecule has 1 aromatic rings. The van der Waals surface area contributed by atoms with Crippen LogP contribution in [0.15, 0.2) is 24.3 Å². The van der Waals surface area contributed by atoms with E-state index in [0.29, 0.717) is 0 Å². The highest BCUT2D eigenvalue weighted by molar-refractivity contribution is 5.23. The number of hydrogen-bond acceptors (Lipinski definition) is 2. The van der Waals surface area contributed by atoms with Crippen LogP contribution in [-0.4, -0.2) is 23.5 Å². The minimum Gasteiger partial charge on any atom is -0.322 e. The van der Waals surface area contributed by atoms with Gasteiger partial charge < -0.3 is 5.73 Å². The van der Waals surface area contributed by atoms with Gasteiger partial charge in [-0.3, -0.25) is 4.90 Å². The minimum absolute atomic E-state index is 0.0959. The lowest BCUT2D eigenvalue weighted by molar-refractivity contribution is 0.0844. The first-order valence-electron chi connectivity index (χ1n) is 6.75. The summed E-state index contributed by atoms with van der Waals surface area (Å²) >= 11 is 0. The van der Waals surface area contributed by atoms with Crippen LogP contribution in [0.4, 0.5) is 4.39 Å². The Labute approximate surface area is 110 Å². The molecular formula is C15H25FN2. The van der Waals surface area contributed by atoms with Crippen molar-refractivity contribution in [1.29, 1.82) is 0 Å². The van der Waals surface area contributed by atoms with Crippen LogP contribution in [0, 0.1) is 5.82 Å². The highest BCUT2D eigenvalue weighted by atomic mass is 19.1. The number of likely N-dealkylation sites (N-methyl/N-ethyl adjacent to an activating group) is 1. The SMILES string of the molecule is CCN(CC)C(C)(CC)C(N)c1ccc(F)cc1. The maximum absolute atomic E-state index is 13.0. The van der Waals surface area contributed by atoms with Crippen LogP contribution in [0.3, 0.4) is 0 Å². The summed E-state index contributed by atoms with van der Waals surface area (Å²) < 4.78 is 13.0. The number of halogens is 1. The van der Waals surface area contributed by atoms with Gasteiger partial charge in [0.05, 0.1) is 0 Å². The van der Waals surface area contributed by atoms with Crippen LogP contribution in [0.2, 0.25) is 0 Å². The first kappa shape index (κ1) is 15.1. The van der Waals surface area contributed by atoms with Gasteiger partial charge in [-0.2, -0.15) is 0 Å². The van der Waals surface area contributed by atoms with Gasteiger partial charge in [-0.1, -0.05) is 32.9 Å². The smallest absolute Gasteiger partial charge is 0.123 e. The Kier molecular flexibility index (Phi) is 5.29. The van der Waals surface area contributed by atoms with Crippen LogP contribution in [0.1, 0.15) is 45.7 Å². The monoisotopic (exact) mass is 252 g/mol. The average molecular weight is 252 g/mol. The predicted molar refractivity (Wildman–Crippen MR) is 74.9 cm³/mol. The van der Waals surface area contributed by atoms with Gasteiger partial charge in [0.25, 0.3) is 0 Å². The van der Waals surface area contributed by atoms with E-state index in [4.69, 9.17) is 5.73 Å². The summed E-state index contributed by atoms with van der Waals surface area (Å²) in [6.45, 7) is 10.6. The Morgan fingerprint density at radius 1 is 1.17 bits per heavy atom. The molecule has 1 rings (SSSR count). The zero-order valence-electron chi connectivity index (χ0n) is 11.9. The lowest BCUT2D eigenvalue weighted by atomic mass is 9.83. The highest BCUT2D eigenvalue weighted by Gasteiger charge is 2.35. The van der Waals surface area contributed by atoms with E-state index in [-0.39, 0.29) is 17.4 Å². The summed E-state index contributed by atoms with van der Waals surface area (Å²) in [6, 6.07) is 6.43. The Morgan fingerprint density at radius 3 is 2.06 bits per heavy atom. The summed E-state index contributed by atoms with van der Waals surface area (Å²) in [6.07, 6.45) is 0.965. The standard InChI is InChI=1S/C15H25FN2/c1-5-15(4,18(6-2)7-3)14(17)12-8-10-13(16)11-9-12/h8-11,14H,5-7,17H2,1-4H3. The topological polar surface area (TPSA) is 29.3 Å². The molecule has 0 aliphatic heterocycles. The fourth-order valence-electron chi connectivity index (χ4n) is 2.62. The molecule has 0 spiro atoms. The summed E-state index contributed by atoms with van der Waals surface area (Å²) in [4.78, 5) is 2.38. The van der Waals surface area contributed by atoms with Crippen molar-refractivity contribution in [2.24, 2.45) is 5.73 Å². The van der Waals surface area contributed by atoms with Crippen molar-refractivity contribution in [2.75, 3.05) is 13.1 Å². The minimum atomic E-state index is -0.216. The fourth-order valence-corrected chi connectivity index (χ4v) is 2.62. The molecule has 3 heteroatoms. The molecule has 0 aliphatic rings. The van der Waals surface area contributed by atoms with Gasteiger partial charge in [0, 0.05) is 11.6 Å². The molecule has 0 aromatic heterocycles. The molecule has 0 aliphatic carbocycles. The van der Waals surface area contributed by atoms with Gasteiger partial charge in [0.2, 0.25) is 0 Å². The summed E-state index contributed by atoms with van der Waals surface area (Å²) in [5.41, 5.74) is 7.32. The van der Waals surface area contributed by atoms with E-state index < -0.39 is 0 Å². The van der Waals surface area contributed by atoms with Gasteiger partial charge >= 0.3 is 0 Å². The molecule has 2 nitrogen and oxygen atoms in total. The lowest BCUT2D eigenvalue weighted by Gasteiger charge is -2.44. The van der Waals surface area contributed by atoms with E-state index >= 15 is 0 Å². The number of nitrogens with two attached hydrogens (primary N) is 1. The third-order valence-electron chi connectivity index (χ3n) is 4.10. The third kappa shape index (κ3) is 2.90. The Balaban J connectivity index is 3.03. The van der Waals surface area contributed by atoms with Crippen LogP contribution in [0.5, 0.6) is 0 Å². The predicted octanol–water partition coefficient (Wildman–Crippen LogP) is 3.34. The molecule has 0 saturated heterocycles. The van der Waals surface area contributed by atoms with E-state index in [1.165, 1.54) is 12.1 Å². The van der Waals surface area contributed by atoms with Crippen LogP contribution >= 0.6 is 0 Å². The summed E-state index contributed by atoms with van der Waals surface area (Å²) in [5.74, 6) is -0.216. The van der Waals surface area contributed by atoms with Gasteiger partial charge in [-0.25, -0.2) is 4.39 Å². The molecule has 0 bridgehead atoms. The number of benzene rings is 1. The zero-order chi connectivity index (χ0) is 13.8. The van der Waals surface area contributed by atoms with Crippen molar-refractivity contribution in [3.05, 3.63) is 35.6 Å². The maximum atomic E-state index is 13.0. The molecule has 2 N–H and O–H groups in total. The molecule has 0 radical (unpaired) electrons. The number of nitrogens with zero attached hydrogens (tertiary/aromatic N) is 1. The molecule has 102 valence electrons. The summed E-state index contributed by atoms with van der Waals surface area (Å²) in [5, 5.41) is 0. The van der Waals surface area contributed by atoms with Crippen molar-refractivity contribution in [3.63, 3.8) is 0 Å². The molecule has 2 atom stereocenters. The third-order valence-corrected chi connectivity index (χ3v) is 4.10. The second-order valence-electron chi connectivity index (χ2n) is 4.91. The van der Waals surface area contributed by atoms with Crippen molar-refractivity contribution in [2.45, 2.75) is 45.7 Å². The first-order chi connectivity index (χ1) is 8.49. The molecule has 2 unspecified atom stereocenters. The van der Waals surface area contributed by atoms with E-state index in [2.05, 4.69) is 32.6 Å². The van der Waals surface area contributed by atoms with E-state index in [0.717, 1.165) is 25.1 Å². The van der Waals surface area contributed by atoms with E-state index in [1.54, 1.807) is 12.1 Å². The quantitative estimate of drug-likeness (QED) is 0.841. The van der Waals surface area contributed by atoms with Gasteiger partial charge in [0.15, 0.2) is 0 Å². The van der Waals surface area contributed by atoms with Gasteiger partial charge in [-0.15, -0.1) is 0 Å². The summed E-state index contributed by atoms with van der Waals surface area (Å²) in [7, 11) is 0. The van der Waals surface area contributed by atoms with Gasteiger partial charge in [-0.05, 0) is 44.1 Å². The Morgan fingerprint density at radius 2 is 1.67 bits per heavy atom. The number of rotatable bonds is 6. The second-order valence-corrected chi connectivity index (χ2v) is 4.91. The highest BCUT2D eigenvalue weighted by Crippen LogP contribution is 2.32. The van der Waals surface area contributed by atoms with Crippen LogP contribution in [-0.2, 0) is 0 Å². The maximum Gasteiger partial charge on any atom is 0.123 e. The molecule has 0 saturated carbocycles. The fraction of sp³-hybridized carbons (Fsp3) is 0.600. The lowest BCUT2D eigenvalue weighted by Crippen LogP contribution is -2.52. The molecule has 18 heavy (non-hydrogen) atoms. The average Bonchev–Trinajstić information content (AvgIpc) is 2.39. The Bertz CT molecular complexity index is 359. The van der Waals surface area contributed by atoms with Crippen molar-refractivity contribution in [1.82, 2.24) is 4.90 Å². The molecule has 1 aromatic carbocycles. The van der Waals surface area contributed by atoms with Crippen LogP contribution < -0.4 is 5.73 Å². The van der Waals surface area contributed by atoms with E-state index in [9.17, 15) is 4.39 Å². The van der Waals surface area contributed by atoms with Crippen molar-refractivity contribution >= 4 is 0 Å². The van der Waals surface area contributed by atoms with E-state index in [1.807, 2.05) is 0 Å². The molecule has 0 heterocycles.